The van der Waals surface area contributed by atoms with Crippen LogP contribution in [-0.2, 0) is 17.4 Å². The van der Waals surface area contributed by atoms with Gasteiger partial charge in [0.1, 0.15) is 11.9 Å². The summed E-state index contributed by atoms with van der Waals surface area (Å²) in [7, 11) is 1.92. The fraction of sp³-hybridized carbons (Fsp3) is 0.543. The van der Waals surface area contributed by atoms with Gasteiger partial charge in [-0.2, -0.15) is 13.2 Å². The van der Waals surface area contributed by atoms with Gasteiger partial charge in [-0.3, -0.25) is 9.69 Å². The molecule has 3 unspecified atom stereocenters. The number of halogens is 7. The molecule has 4 atom stereocenters. The summed E-state index contributed by atoms with van der Waals surface area (Å²) in [6.07, 6.45) is -0.377. The largest absolute Gasteiger partial charge is 0.480 e. The Morgan fingerprint density at radius 3 is 2.33 bits per heavy atom. The Balaban J connectivity index is 0.00000267. The van der Waals surface area contributed by atoms with Gasteiger partial charge in [0, 0.05) is 23.9 Å². The molecule has 0 amide bonds. The first-order valence-corrected chi connectivity index (χ1v) is 16.7. The number of benzene rings is 2. The Labute approximate surface area is 303 Å². The predicted molar refractivity (Wildman–Crippen MR) is 191 cm³/mol. The van der Waals surface area contributed by atoms with Crippen molar-refractivity contribution in [3.8, 4) is 0 Å². The molecule has 1 aliphatic carbocycles. The van der Waals surface area contributed by atoms with Gasteiger partial charge in [-0.1, -0.05) is 44.2 Å². The SMILES string of the molecule is Cc1nc(Cc2cccc(C(F)(F)F)c2)sc1C1CCN(CC2CC(N(C)[C@@H](C(=O)O)C(C)C)CC2c2cccc(F)c2)CC1.Cl.Cl.Cl. The number of likely N-dealkylation sites (N-methyl/N-ethyl adjacent to an activating group) is 1. The number of carboxylic acids is 1. The standard InChI is InChI=1S/C35H43F4N3O2S.3ClH/c1-21(2)32(34(43)44)41(4)29-18-26(30(19-29)25-8-6-10-28(36)17-25)20-42-13-11-24(12-14-42)33-22(3)40-31(45-33)16-23-7-5-9-27(15-23)35(37,38)39;;;/h5-10,15,17,21,24,26,29-30,32H,11-14,16,18-20H2,1-4H3,(H,43,44);3*1H/t26?,29?,30?,32-;;;/m1.../s1. The minimum atomic E-state index is -4.37. The van der Waals surface area contributed by atoms with Crippen molar-refractivity contribution in [1.29, 1.82) is 0 Å². The molecule has 0 bridgehead atoms. The van der Waals surface area contributed by atoms with Gasteiger partial charge >= 0.3 is 12.1 Å². The van der Waals surface area contributed by atoms with Gasteiger partial charge in [0.15, 0.2) is 0 Å². The quantitative estimate of drug-likeness (QED) is 0.209. The highest BCUT2D eigenvalue weighted by molar-refractivity contribution is 7.11. The molecule has 5 nitrogen and oxygen atoms in total. The molecule has 3 aromatic rings. The molecular weight excluding hydrogens is 709 g/mol. The Morgan fingerprint density at radius 1 is 1.06 bits per heavy atom. The van der Waals surface area contributed by atoms with Crippen LogP contribution in [0.5, 0.6) is 0 Å². The maximum atomic E-state index is 14.3. The van der Waals surface area contributed by atoms with Gasteiger partial charge in [0.2, 0.25) is 0 Å². The Kier molecular flexibility index (Phi) is 15.7. The lowest BCUT2D eigenvalue weighted by atomic mass is 9.87. The molecule has 2 fully saturated rings. The second kappa shape index (κ2) is 17.8. The Hall–Kier alpha value is -1.95. The number of aliphatic carboxylic acids is 1. The maximum absolute atomic E-state index is 14.3. The van der Waals surface area contributed by atoms with Crippen LogP contribution < -0.4 is 0 Å². The molecular formula is C35H46Cl3F4N3O2S. The minimum absolute atomic E-state index is 0. The van der Waals surface area contributed by atoms with Gasteiger partial charge < -0.3 is 10.0 Å². The first-order chi connectivity index (χ1) is 21.3. The van der Waals surface area contributed by atoms with E-state index in [2.05, 4.69) is 4.90 Å². The zero-order valence-corrected chi connectivity index (χ0v) is 30.8. The molecule has 2 aromatic carbocycles. The van der Waals surface area contributed by atoms with E-state index in [0.717, 1.165) is 67.6 Å². The van der Waals surface area contributed by atoms with Crippen LogP contribution in [0.1, 0.15) is 83.6 Å². The Bertz CT molecular complexity index is 1480. The molecule has 48 heavy (non-hydrogen) atoms. The van der Waals surface area contributed by atoms with Gasteiger partial charge in [-0.15, -0.1) is 48.6 Å². The molecule has 2 aliphatic rings. The molecule has 1 saturated carbocycles. The maximum Gasteiger partial charge on any atom is 0.416 e. The molecule has 1 aliphatic heterocycles. The number of thiazole rings is 1. The molecule has 5 rings (SSSR count). The number of hydrogen-bond donors (Lipinski definition) is 1. The Morgan fingerprint density at radius 2 is 1.73 bits per heavy atom. The monoisotopic (exact) mass is 753 g/mol. The topological polar surface area (TPSA) is 56.7 Å². The van der Waals surface area contributed by atoms with E-state index >= 15 is 0 Å². The van der Waals surface area contributed by atoms with Crippen LogP contribution in [0.3, 0.4) is 0 Å². The fourth-order valence-corrected chi connectivity index (χ4v) is 8.86. The molecule has 1 N–H and O–H groups in total. The normalized spacial score (nSPS) is 21.0. The predicted octanol–water partition coefficient (Wildman–Crippen LogP) is 9.25. The van der Waals surface area contributed by atoms with E-state index < -0.39 is 23.8 Å². The summed E-state index contributed by atoms with van der Waals surface area (Å²) in [5.41, 5.74) is 1.92. The summed E-state index contributed by atoms with van der Waals surface area (Å²) in [4.78, 5) is 22.6. The fourth-order valence-electron chi connectivity index (χ4n) is 7.59. The summed E-state index contributed by atoms with van der Waals surface area (Å²) in [5.74, 6) is -0.299. The van der Waals surface area contributed by atoms with Crippen LogP contribution in [0.25, 0.3) is 0 Å². The smallest absolute Gasteiger partial charge is 0.416 e. The van der Waals surface area contributed by atoms with Crippen molar-refractivity contribution in [3.63, 3.8) is 0 Å². The van der Waals surface area contributed by atoms with E-state index in [-0.39, 0.29) is 66.8 Å². The lowest BCUT2D eigenvalue weighted by molar-refractivity contribution is -0.145. The average molecular weight is 755 g/mol. The van der Waals surface area contributed by atoms with Crippen molar-refractivity contribution >= 4 is 54.5 Å². The number of likely N-dealkylation sites (tertiary alicyclic amines) is 1. The minimum Gasteiger partial charge on any atom is -0.480 e. The lowest BCUT2D eigenvalue weighted by Gasteiger charge is -2.35. The van der Waals surface area contributed by atoms with Crippen molar-refractivity contribution in [2.45, 2.75) is 83.0 Å². The van der Waals surface area contributed by atoms with Gasteiger partial charge in [-0.05, 0) is 106 Å². The van der Waals surface area contributed by atoms with Gasteiger partial charge in [0.25, 0.3) is 0 Å². The van der Waals surface area contributed by atoms with Gasteiger partial charge in [0.05, 0.1) is 16.3 Å². The van der Waals surface area contributed by atoms with Crippen LogP contribution >= 0.6 is 48.6 Å². The van der Waals surface area contributed by atoms with E-state index in [4.69, 9.17) is 4.98 Å². The second-order valence-electron chi connectivity index (χ2n) is 13.2. The number of alkyl halides is 3. The molecule has 0 spiro atoms. The highest BCUT2D eigenvalue weighted by Crippen LogP contribution is 2.44. The number of hydrogen-bond acceptors (Lipinski definition) is 5. The van der Waals surface area contributed by atoms with Gasteiger partial charge in [-0.25, -0.2) is 9.37 Å². The molecule has 268 valence electrons. The number of aromatic nitrogens is 1. The zero-order valence-electron chi connectivity index (χ0n) is 27.6. The lowest BCUT2D eigenvalue weighted by Crippen LogP contribution is -2.47. The van der Waals surface area contributed by atoms with Crippen LogP contribution in [0.15, 0.2) is 48.5 Å². The number of carboxylic acid groups (broad SMARTS) is 1. The third kappa shape index (κ3) is 10.1. The van der Waals surface area contributed by atoms with Crippen molar-refractivity contribution < 1.29 is 27.5 Å². The number of piperidine rings is 1. The van der Waals surface area contributed by atoms with E-state index in [9.17, 15) is 27.5 Å². The number of aryl methyl sites for hydroxylation is 1. The third-order valence-corrected chi connectivity index (χ3v) is 11.1. The second-order valence-corrected chi connectivity index (χ2v) is 14.4. The van der Waals surface area contributed by atoms with E-state index in [1.807, 2.05) is 38.8 Å². The summed E-state index contributed by atoms with van der Waals surface area (Å²) >= 11 is 1.62. The van der Waals surface area contributed by atoms with Crippen molar-refractivity contribution in [1.82, 2.24) is 14.8 Å². The highest BCUT2D eigenvalue weighted by Gasteiger charge is 2.42. The number of nitrogens with zero attached hydrogens (tertiary/aromatic N) is 3. The first kappa shape index (κ1) is 42.2. The van der Waals surface area contributed by atoms with E-state index in [1.54, 1.807) is 29.5 Å². The summed E-state index contributed by atoms with van der Waals surface area (Å²) in [6, 6.07) is 11.9. The molecule has 13 heteroatoms. The summed E-state index contributed by atoms with van der Waals surface area (Å²) in [6.45, 7) is 8.58. The molecule has 0 radical (unpaired) electrons. The molecule has 1 saturated heterocycles. The van der Waals surface area contributed by atoms with Crippen LogP contribution in [0.2, 0.25) is 0 Å². The first-order valence-electron chi connectivity index (χ1n) is 15.8. The van der Waals surface area contributed by atoms with E-state index in [0.29, 0.717) is 17.9 Å². The average Bonchev–Trinajstić information content (AvgIpc) is 3.56. The van der Waals surface area contributed by atoms with Crippen LogP contribution in [-0.4, -0.2) is 64.6 Å². The molecule has 1 aromatic heterocycles. The van der Waals surface area contributed by atoms with Crippen LogP contribution in [0.4, 0.5) is 17.6 Å². The highest BCUT2D eigenvalue weighted by atomic mass is 35.5. The van der Waals surface area contributed by atoms with Crippen molar-refractivity contribution in [2.24, 2.45) is 11.8 Å². The summed E-state index contributed by atoms with van der Waals surface area (Å²) < 4.78 is 53.8. The van der Waals surface area contributed by atoms with Crippen molar-refractivity contribution in [2.75, 3.05) is 26.7 Å². The number of rotatable bonds is 10. The zero-order chi connectivity index (χ0) is 32.5. The summed E-state index contributed by atoms with van der Waals surface area (Å²) in [5, 5.41) is 10.8. The van der Waals surface area contributed by atoms with Crippen molar-refractivity contribution in [3.05, 3.63) is 86.6 Å². The number of carbonyl (C=O) groups is 1. The molecule has 2 heterocycles. The van der Waals surface area contributed by atoms with Crippen LogP contribution in [0, 0.1) is 24.6 Å². The third-order valence-electron chi connectivity index (χ3n) is 9.78. The van der Waals surface area contributed by atoms with E-state index in [1.165, 1.54) is 23.1 Å².